The first-order valence-corrected chi connectivity index (χ1v) is 14.8. The Morgan fingerprint density at radius 2 is 1.73 bits per heavy atom. The first-order chi connectivity index (χ1) is 17.5. The van der Waals surface area contributed by atoms with Crippen LogP contribution in [0.4, 0.5) is 10.1 Å². The van der Waals surface area contributed by atoms with Gasteiger partial charge >= 0.3 is 0 Å². The highest BCUT2D eigenvalue weighted by Gasteiger charge is 2.29. The summed E-state index contributed by atoms with van der Waals surface area (Å²) in [6.07, 6.45) is 5.25. The fraction of sp³-hybridized carbons (Fsp3) is 0.462. The van der Waals surface area contributed by atoms with E-state index in [1.807, 2.05) is 0 Å². The zero-order valence-electron chi connectivity index (χ0n) is 20.9. The third-order valence-electron chi connectivity index (χ3n) is 6.47. The minimum Gasteiger partial charge on any atom is -0.352 e. The van der Waals surface area contributed by atoms with Crippen molar-refractivity contribution in [3.05, 3.63) is 63.9 Å². The Morgan fingerprint density at radius 3 is 2.32 bits per heavy atom. The maximum absolute atomic E-state index is 13.4. The number of sulfonamides is 1. The van der Waals surface area contributed by atoms with Gasteiger partial charge in [0.2, 0.25) is 21.8 Å². The molecular formula is C26H32Cl2FN3O4S. The van der Waals surface area contributed by atoms with Crippen LogP contribution in [0.25, 0.3) is 0 Å². The molecule has 1 aliphatic carbocycles. The van der Waals surface area contributed by atoms with Crippen molar-refractivity contribution in [1.82, 2.24) is 10.2 Å². The number of nitrogens with one attached hydrogen (secondary N) is 1. The lowest BCUT2D eigenvalue weighted by Gasteiger charge is -2.30. The van der Waals surface area contributed by atoms with E-state index in [4.69, 9.17) is 23.2 Å². The van der Waals surface area contributed by atoms with Crippen LogP contribution in [0.3, 0.4) is 0 Å². The van der Waals surface area contributed by atoms with E-state index in [9.17, 15) is 22.4 Å². The molecular weight excluding hydrogens is 540 g/mol. The number of amides is 2. The van der Waals surface area contributed by atoms with Gasteiger partial charge < -0.3 is 10.2 Å². The summed E-state index contributed by atoms with van der Waals surface area (Å²) in [6.45, 7) is 1.85. The van der Waals surface area contributed by atoms with Gasteiger partial charge in [-0.2, -0.15) is 0 Å². The van der Waals surface area contributed by atoms with Gasteiger partial charge in [-0.1, -0.05) is 42.1 Å². The van der Waals surface area contributed by atoms with Crippen LogP contribution in [0.15, 0.2) is 42.5 Å². The fourth-order valence-electron chi connectivity index (χ4n) is 4.42. The number of carbonyl (C=O) groups is 2. The molecule has 1 aliphatic rings. The van der Waals surface area contributed by atoms with Crippen LogP contribution >= 0.6 is 23.2 Å². The lowest BCUT2D eigenvalue weighted by molar-refractivity contribution is -0.141. The molecule has 0 bridgehead atoms. The Bertz CT molecular complexity index is 1200. The van der Waals surface area contributed by atoms with Gasteiger partial charge in [-0.3, -0.25) is 13.9 Å². The quantitative estimate of drug-likeness (QED) is 0.404. The van der Waals surface area contributed by atoms with E-state index in [0.717, 1.165) is 36.2 Å². The molecule has 0 aliphatic heterocycles. The zero-order chi connectivity index (χ0) is 27.2. The van der Waals surface area contributed by atoms with Gasteiger partial charge in [0.05, 0.1) is 22.0 Å². The molecule has 3 rings (SSSR count). The highest BCUT2D eigenvalue weighted by Crippen LogP contribution is 2.25. The van der Waals surface area contributed by atoms with E-state index in [2.05, 4.69) is 5.32 Å². The maximum atomic E-state index is 13.4. The largest absolute Gasteiger partial charge is 0.352 e. The van der Waals surface area contributed by atoms with E-state index in [0.29, 0.717) is 21.3 Å². The van der Waals surface area contributed by atoms with E-state index in [-0.39, 0.29) is 43.8 Å². The molecule has 1 saturated carbocycles. The highest BCUT2D eigenvalue weighted by molar-refractivity contribution is 7.92. The molecule has 0 saturated heterocycles. The van der Waals surface area contributed by atoms with Crippen molar-refractivity contribution in [2.24, 2.45) is 0 Å². The molecule has 0 aromatic heterocycles. The molecule has 0 radical (unpaired) electrons. The SMILES string of the molecule is C[C@@H](C(=O)NC1CCCC1)N(Cc1ccc(Cl)c(Cl)c1)C(=O)CCCN(c1ccc(F)cc1)S(C)(=O)=O. The normalized spacial score (nSPS) is 14.8. The minimum atomic E-state index is -3.65. The number of anilines is 1. The number of benzene rings is 2. The smallest absolute Gasteiger partial charge is 0.242 e. The van der Waals surface area contributed by atoms with Gasteiger partial charge in [-0.15, -0.1) is 0 Å². The third kappa shape index (κ3) is 8.32. The molecule has 7 nitrogen and oxygen atoms in total. The van der Waals surface area contributed by atoms with E-state index in [1.165, 1.54) is 29.2 Å². The van der Waals surface area contributed by atoms with E-state index < -0.39 is 21.9 Å². The van der Waals surface area contributed by atoms with Gasteiger partial charge in [0.1, 0.15) is 11.9 Å². The van der Waals surface area contributed by atoms with Gasteiger partial charge in [0.25, 0.3) is 0 Å². The van der Waals surface area contributed by atoms with Gasteiger partial charge in [0.15, 0.2) is 0 Å². The van der Waals surface area contributed by atoms with Crippen molar-refractivity contribution in [3.63, 3.8) is 0 Å². The predicted octanol–water partition coefficient (Wildman–Crippen LogP) is 5.15. The molecule has 1 atom stereocenters. The Labute approximate surface area is 228 Å². The minimum absolute atomic E-state index is 0.00951. The van der Waals surface area contributed by atoms with E-state index in [1.54, 1.807) is 25.1 Å². The van der Waals surface area contributed by atoms with Crippen LogP contribution in [0, 0.1) is 5.82 Å². The van der Waals surface area contributed by atoms with Crippen LogP contribution in [0.1, 0.15) is 51.0 Å². The number of halogens is 3. The first-order valence-electron chi connectivity index (χ1n) is 12.2. The average Bonchev–Trinajstić information content (AvgIpc) is 3.35. The number of rotatable bonds is 11. The average molecular weight is 573 g/mol. The van der Waals surface area contributed by atoms with Crippen molar-refractivity contribution >= 4 is 50.7 Å². The molecule has 2 amide bonds. The van der Waals surface area contributed by atoms with Crippen LogP contribution < -0.4 is 9.62 Å². The van der Waals surface area contributed by atoms with Crippen LogP contribution in [-0.2, 0) is 26.2 Å². The van der Waals surface area contributed by atoms with Crippen LogP contribution in [0.5, 0.6) is 0 Å². The summed E-state index contributed by atoms with van der Waals surface area (Å²) in [5, 5.41) is 3.77. The summed E-state index contributed by atoms with van der Waals surface area (Å²) in [6, 6.07) is 9.53. The lowest BCUT2D eigenvalue weighted by Crippen LogP contribution is -2.49. The van der Waals surface area contributed by atoms with Gasteiger partial charge in [-0.25, -0.2) is 12.8 Å². The number of hydrogen-bond acceptors (Lipinski definition) is 4. The molecule has 0 unspecified atom stereocenters. The second-order valence-electron chi connectivity index (χ2n) is 9.35. The van der Waals surface area contributed by atoms with Crippen molar-refractivity contribution in [3.8, 4) is 0 Å². The van der Waals surface area contributed by atoms with Crippen molar-refractivity contribution in [1.29, 1.82) is 0 Å². The predicted molar refractivity (Wildman–Crippen MR) is 145 cm³/mol. The Balaban J connectivity index is 1.73. The molecule has 0 spiro atoms. The van der Waals surface area contributed by atoms with E-state index >= 15 is 0 Å². The monoisotopic (exact) mass is 571 g/mol. The van der Waals surface area contributed by atoms with Crippen LogP contribution in [-0.4, -0.2) is 50.0 Å². The number of hydrogen-bond donors (Lipinski definition) is 1. The third-order valence-corrected chi connectivity index (χ3v) is 8.41. The zero-order valence-corrected chi connectivity index (χ0v) is 23.3. The molecule has 37 heavy (non-hydrogen) atoms. The molecule has 11 heteroatoms. The number of carbonyl (C=O) groups excluding carboxylic acids is 2. The topological polar surface area (TPSA) is 86.8 Å². The second-order valence-corrected chi connectivity index (χ2v) is 12.1. The van der Waals surface area contributed by atoms with Gasteiger partial charge in [0, 0.05) is 25.6 Å². The van der Waals surface area contributed by atoms with Crippen molar-refractivity contribution in [2.45, 2.75) is 64.1 Å². The van der Waals surface area contributed by atoms with Crippen molar-refractivity contribution in [2.75, 3.05) is 17.1 Å². The fourth-order valence-corrected chi connectivity index (χ4v) is 5.71. The molecule has 202 valence electrons. The molecule has 2 aromatic rings. The molecule has 0 heterocycles. The summed E-state index contributed by atoms with van der Waals surface area (Å²) < 4.78 is 39.2. The summed E-state index contributed by atoms with van der Waals surface area (Å²) in [5.74, 6) is -1.01. The molecule has 1 fully saturated rings. The molecule has 1 N–H and O–H groups in total. The second kappa shape index (κ2) is 12.9. The molecule has 2 aromatic carbocycles. The Morgan fingerprint density at radius 1 is 1.08 bits per heavy atom. The highest BCUT2D eigenvalue weighted by atomic mass is 35.5. The summed E-state index contributed by atoms with van der Waals surface area (Å²) in [4.78, 5) is 27.9. The standard InChI is InChI=1S/C26H32Cl2FN3O4S/c1-18(26(34)30-21-6-3-4-7-21)31(17-19-9-14-23(27)24(28)16-19)25(33)8-5-15-32(37(2,35)36)22-12-10-20(29)11-13-22/h9-14,16,18,21H,3-8,15,17H2,1-2H3,(H,30,34)/t18-/m0/s1. The number of nitrogens with zero attached hydrogens (tertiary/aromatic N) is 2. The first kappa shape index (κ1) is 29.2. The summed E-state index contributed by atoms with van der Waals surface area (Å²) >= 11 is 12.2. The van der Waals surface area contributed by atoms with Crippen LogP contribution in [0.2, 0.25) is 10.0 Å². The summed E-state index contributed by atoms with van der Waals surface area (Å²) in [7, 11) is -3.65. The van der Waals surface area contributed by atoms with Gasteiger partial charge in [-0.05, 0) is 68.1 Å². The van der Waals surface area contributed by atoms with Crippen molar-refractivity contribution < 1.29 is 22.4 Å². The summed E-state index contributed by atoms with van der Waals surface area (Å²) in [5.41, 5.74) is 1.03. The Hall–Kier alpha value is -2.36. The Kier molecular flexibility index (Phi) is 10.2. The lowest BCUT2D eigenvalue weighted by atomic mass is 10.1. The maximum Gasteiger partial charge on any atom is 0.242 e.